The molecule has 1 aliphatic rings. The SMILES string of the molecule is C=CCN1C(=O)C(CC(=O)Nc2ccc(OC)cc2)S/C1=N\N=C\c1ccc(-c2ccccc2)o1. The van der Waals surface area contributed by atoms with Gasteiger partial charge in [-0.15, -0.1) is 11.7 Å². The average Bonchev–Trinajstić information content (AvgIpc) is 3.46. The van der Waals surface area contributed by atoms with Crippen LogP contribution in [0.5, 0.6) is 5.75 Å². The number of anilines is 1. The van der Waals surface area contributed by atoms with Crippen LogP contribution in [0.2, 0.25) is 0 Å². The summed E-state index contributed by atoms with van der Waals surface area (Å²) in [7, 11) is 1.57. The van der Waals surface area contributed by atoms with Crippen molar-refractivity contribution in [3.8, 4) is 17.1 Å². The minimum Gasteiger partial charge on any atom is -0.497 e. The van der Waals surface area contributed by atoms with E-state index >= 15 is 0 Å². The van der Waals surface area contributed by atoms with Gasteiger partial charge in [0.2, 0.25) is 11.8 Å². The summed E-state index contributed by atoms with van der Waals surface area (Å²) < 4.78 is 10.9. The number of benzene rings is 2. The van der Waals surface area contributed by atoms with Crippen molar-refractivity contribution in [3.05, 3.63) is 85.1 Å². The Morgan fingerprint density at radius 1 is 1.17 bits per heavy atom. The lowest BCUT2D eigenvalue weighted by molar-refractivity contribution is -0.127. The lowest BCUT2D eigenvalue weighted by atomic mass is 10.2. The molecule has 1 saturated heterocycles. The maximum absolute atomic E-state index is 12.9. The van der Waals surface area contributed by atoms with E-state index in [1.165, 1.54) is 22.9 Å². The van der Waals surface area contributed by atoms with E-state index in [0.717, 1.165) is 11.3 Å². The molecule has 178 valence electrons. The molecule has 1 fully saturated rings. The molecule has 2 heterocycles. The molecule has 0 aliphatic carbocycles. The lowest BCUT2D eigenvalue weighted by Crippen LogP contribution is -2.33. The third-order valence-electron chi connectivity index (χ3n) is 5.09. The monoisotopic (exact) mass is 488 g/mol. The first kappa shape index (κ1) is 24.0. The quantitative estimate of drug-likeness (QED) is 0.265. The van der Waals surface area contributed by atoms with Gasteiger partial charge in [-0.2, -0.15) is 5.10 Å². The number of nitrogens with one attached hydrogen (secondary N) is 1. The predicted octanol–water partition coefficient (Wildman–Crippen LogP) is 4.80. The van der Waals surface area contributed by atoms with Gasteiger partial charge in [-0.3, -0.25) is 14.5 Å². The van der Waals surface area contributed by atoms with Crippen LogP contribution in [0, 0.1) is 0 Å². The molecule has 1 aromatic heterocycles. The molecular formula is C26H24N4O4S. The number of ether oxygens (including phenoxy) is 1. The summed E-state index contributed by atoms with van der Waals surface area (Å²) in [5.41, 5.74) is 1.59. The molecule has 1 unspecified atom stereocenters. The highest BCUT2D eigenvalue weighted by molar-refractivity contribution is 8.15. The normalized spacial score (nSPS) is 16.7. The zero-order valence-corrected chi connectivity index (χ0v) is 19.9. The van der Waals surface area contributed by atoms with Gasteiger partial charge in [0.25, 0.3) is 0 Å². The largest absolute Gasteiger partial charge is 0.497 e. The van der Waals surface area contributed by atoms with Gasteiger partial charge in [0.15, 0.2) is 5.17 Å². The second-order valence-corrected chi connectivity index (χ2v) is 8.69. The molecule has 1 aliphatic heterocycles. The summed E-state index contributed by atoms with van der Waals surface area (Å²) in [5, 5.41) is 10.9. The number of hydrogen-bond acceptors (Lipinski definition) is 7. The zero-order valence-electron chi connectivity index (χ0n) is 19.1. The first-order chi connectivity index (χ1) is 17.1. The molecule has 35 heavy (non-hydrogen) atoms. The Kier molecular flexibility index (Phi) is 7.79. The predicted molar refractivity (Wildman–Crippen MR) is 139 cm³/mol. The maximum atomic E-state index is 12.9. The van der Waals surface area contributed by atoms with Crippen LogP contribution in [0.3, 0.4) is 0 Å². The number of hydrogen-bond donors (Lipinski definition) is 1. The van der Waals surface area contributed by atoms with Gasteiger partial charge in [-0.25, -0.2) is 0 Å². The molecule has 0 saturated carbocycles. The van der Waals surface area contributed by atoms with Crippen molar-refractivity contribution < 1.29 is 18.7 Å². The Morgan fingerprint density at radius 3 is 2.66 bits per heavy atom. The van der Waals surface area contributed by atoms with Gasteiger partial charge in [-0.1, -0.05) is 48.2 Å². The highest BCUT2D eigenvalue weighted by Gasteiger charge is 2.38. The molecule has 8 nitrogen and oxygen atoms in total. The summed E-state index contributed by atoms with van der Waals surface area (Å²) in [4.78, 5) is 26.9. The van der Waals surface area contributed by atoms with Gasteiger partial charge in [0.05, 0.1) is 13.3 Å². The van der Waals surface area contributed by atoms with Crippen molar-refractivity contribution in [2.75, 3.05) is 19.0 Å². The molecule has 2 amide bonds. The van der Waals surface area contributed by atoms with Crippen molar-refractivity contribution >= 4 is 40.6 Å². The van der Waals surface area contributed by atoms with Crippen molar-refractivity contribution in [1.82, 2.24) is 4.90 Å². The summed E-state index contributed by atoms with van der Waals surface area (Å²) in [6.45, 7) is 3.98. The van der Waals surface area contributed by atoms with Gasteiger partial charge in [-0.05, 0) is 36.4 Å². The van der Waals surface area contributed by atoms with Crippen LogP contribution in [-0.4, -0.2) is 47.0 Å². The zero-order chi connectivity index (χ0) is 24.6. The number of nitrogens with zero attached hydrogens (tertiary/aromatic N) is 3. The van der Waals surface area contributed by atoms with E-state index in [1.54, 1.807) is 43.5 Å². The number of carbonyl (C=O) groups is 2. The highest BCUT2D eigenvalue weighted by atomic mass is 32.2. The fourth-order valence-corrected chi connectivity index (χ4v) is 4.49. The molecule has 0 spiro atoms. The number of rotatable bonds is 9. The Morgan fingerprint density at radius 2 is 1.94 bits per heavy atom. The fourth-order valence-electron chi connectivity index (χ4n) is 3.38. The Balaban J connectivity index is 1.40. The first-order valence-corrected chi connectivity index (χ1v) is 11.7. The topological polar surface area (TPSA) is 96.5 Å². The van der Waals surface area contributed by atoms with E-state index in [-0.39, 0.29) is 24.8 Å². The minimum absolute atomic E-state index is 0.00449. The first-order valence-electron chi connectivity index (χ1n) is 10.9. The van der Waals surface area contributed by atoms with Gasteiger partial charge >= 0.3 is 0 Å². The molecule has 3 aromatic rings. The van der Waals surface area contributed by atoms with Crippen LogP contribution in [0.25, 0.3) is 11.3 Å². The Hall–Kier alpha value is -4.11. The highest BCUT2D eigenvalue weighted by Crippen LogP contribution is 2.30. The van der Waals surface area contributed by atoms with Crippen LogP contribution in [-0.2, 0) is 9.59 Å². The summed E-state index contributed by atoms with van der Waals surface area (Å²) in [6.07, 6.45) is 3.10. The van der Waals surface area contributed by atoms with Crippen LogP contribution in [0.1, 0.15) is 12.2 Å². The number of amides is 2. The smallest absolute Gasteiger partial charge is 0.243 e. The second-order valence-electron chi connectivity index (χ2n) is 7.52. The van der Waals surface area contributed by atoms with Gasteiger partial charge < -0.3 is 14.5 Å². The molecule has 1 N–H and O–H groups in total. The van der Waals surface area contributed by atoms with E-state index < -0.39 is 5.25 Å². The van der Waals surface area contributed by atoms with Crippen LogP contribution < -0.4 is 10.1 Å². The summed E-state index contributed by atoms with van der Waals surface area (Å²) >= 11 is 1.20. The van der Waals surface area contributed by atoms with Crippen LogP contribution in [0.4, 0.5) is 5.69 Å². The average molecular weight is 489 g/mol. The standard InChI is InChI=1S/C26H24N4O4S/c1-3-15-30-25(32)23(16-24(31)28-19-9-11-20(33-2)12-10-19)35-26(30)29-27-17-21-13-14-22(34-21)18-7-5-4-6-8-18/h3-14,17,23H,1,15-16H2,2H3,(H,28,31)/b27-17+,29-26-. The van der Waals surface area contributed by atoms with Gasteiger partial charge in [0.1, 0.15) is 22.5 Å². The number of thioether (sulfide) groups is 1. The van der Waals surface area contributed by atoms with Gasteiger partial charge in [0, 0.05) is 24.2 Å². The van der Waals surface area contributed by atoms with E-state index in [4.69, 9.17) is 9.15 Å². The summed E-state index contributed by atoms with van der Waals surface area (Å²) in [6, 6.07) is 20.4. The molecule has 4 rings (SSSR count). The van der Waals surface area contributed by atoms with Crippen molar-refractivity contribution in [3.63, 3.8) is 0 Å². The third-order valence-corrected chi connectivity index (χ3v) is 6.26. The van der Waals surface area contributed by atoms with E-state index in [1.807, 2.05) is 36.4 Å². The molecular weight excluding hydrogens is 464 g/mol. The van der Waals surface area contributed by atoms with Crippen LogP contribution in [0.15, 0.2) is 94.0 Å². The molecule has 9 heteroatoms. The number of methoxy groups -OCH3 is 1. The second kappa shape index (κ2) is 11.3. The number of amidine groups is 1. The summed E-state index contributed by atoms with van der Waals surface area (Å²) in [5.74, 6) is 1.47. The fraction of sp³-hybridized carbons (Fsp3) is 0.154. The van der Waals surface area contributed by atoms with E-state index in [2.05, 4.69) is 22.1 Å². The Bertz CT molecular complexity index is 1250. The lowest BCUT2D eigenvalue weighted by Gasteiger charge is -2.12. The molecule has 2 aromatic carbocycles. The van der Waals surface area contributed by atoms with Crippen LogP contribution >= 0.6 is 11.8 Å². The minimum atomic E-state index is -0.601. The molecule has 0 radical (unpaired) electrons. The van der Waals surface area contributed by atoms with E-state index in [9.17, 15) is 9.59 Å². The molecule has 0 bridgehead atoms. The third kappa shape index (κ3) is 6.07. The van der Waals surface area contributed by atoms with E-state index in [0.29, 0.717) is 22.4 Å². The van der Waals surface area contributed by atoms with Crippen molar-refractivity contribution in [1.29, 1.82) is 0 Å². The van der Waals surface area contributed by atoms with Crippen molar-refractivity contribution in [2.24, 2.45) is 10.2 Å². The van der Waals surface area contributed by atoms with Crippen molar-refractivity contribution in [2.45, 2.75) is 11.7 Å². The maximum Gasteiger partial charge on any atom is 0.243 e. The molecule has 1 atom stereocenters. The number of carbonyl (C=O) groups excluding carboxylic acids is 2. The number of furan rings is 1. The Labute approximate surface area is 207 Å².